The van der Waals surface area contributed by atoms with Crippen molar-refractivity contribution in [1.82, 2.24) is 10.3 Å². The van der Waals surface area contributed by atoms with E-state index in [1.165, 1.54) is 13.2 Å². The molecule has 1 aromatic carbocycles. The molecule has 0 saturated heterocycles. The number of benzene rings is 1. The smallest absolute Gasteiger partial charge is 0.307 e. The van der Waals surface area contributed by atoms with Gasteiger partial charge in [-0.2, -0.15) is 0 Å². The minimum atomic E-state index is -0.572. The molecule has 1 aromatic heterocycles. The van der Waals surface area contributed by atoms with Gasteiger partial charge in [0.2, 0.25) is 0 Å². The molecule has 2 rings (SSSR count). The van der Waals surface area contributed by atoms with Gasteiger partial charge >= 0.3 is 5.97 Å². The van der Waals surface area contributed by atoms with Gasteiger partial charge in [-0.1, -0.05) is 35.3 Å². The van der Waals surface area contributed by atoms with Crippen molar-refractivity contribution in [1.29, 1.82) is 0 Å². The molecule has 1 unspecified atom stereocenters. The number of carbonyl (C=O) groups excluding carboxylic acids is 2. The number of methoxy groups -OCH3 is 2. The number of aromatic nitrogens is 1. The lowest BCUT2D eigenvalue weighted by atomic mass is 10.0. The fourth-order valence-corrected chi connectivity index (χ4v) is 2.41. The Balaban J connectivity index is 2.21. The minimum Gasteiger partial charge on any atom is -0.497 e. The van der Waals surface area contributed by atoms with Crippen molar-refractivity contribution in [3.63, 3.8) is 0 Å². The Hall–Kier alpha value is -2.18. The van der Waals surface area contributed by atoms with Crippen LogP contribution < -0.4 is 10.1 Å². The number of nitrogens with one attached hydrogen (secondary N) is 2. The summed E-state index contributed by atoms with van der Waals surface area (Å²) in [5.74, 6) is -0.211. The van der Waals surface area contributed by atoms with Crippen molar-refractivity contribution < 1.29 is 19.1 Å². The maximum Gasteiger partial charge on any atom is 0.307 e. The van der Waals surface area contributed by atoms with E-state index in [-0.39, 0.29) is 22.3 Å². The monoisotopic (exact) mass is 370 g/mol. The number of amides is 1. The molecule has 2 aromatic rings. The van der Waals surface area contributed by atoms with Crippen LogP contribution in [0.2, 0.25) is 10.2 Å². The van der Waals surface area contributed by atoms with Crippen LogP contribution in [0.15, 0.2) is 30.3 Å². The molecule has 6 nitrogen and oxygen atoms in total. The first kappa shape index (κ1) is 18.2. The lowest BCUT2D eigenvalue weighted by molar-refractivity contribution is -0.141. The number of hydrogen-bond donors (Lipinski definition) is 2. The van der Waals surface area contributed by atoms with Gasteiger partial charge in [-0.25, -0.2) is 0 Å². The highest BCUT2D eigenvalue weighted by atomic mass is 35.5. The molecule has 1 heterocycles. The highest BCUT2D eigenvalue weighted by molar-refractivity contribution is 6.41. The van der Waals surface area contributed by atoms with Gasteiger partial charge in [0.05, 0.1) is 31.7 Å². The van der Waals surface area contributed by atoms with E-state index in [1.54, 1.807) is 31.4 Å². The second kappa shape index (κ2) is 8.08. The Labute approximate surface area is 149 Å². The Morgan fingerprint density at radius 1 is 1.21 bits per heavy atom. The van der Waals surface area contributed by atoms with Gasteiger partial charge in [-0.3, -0.25) is 9.59 Å². The fraction of sp³-hybridized carbons (Fsp3) is 0.250. The third-order valence-electron chi connectivity index (χ3n) is 3.39. The first-order chi connectivity index (χ1) is 11.4. The summed E-state index contributed by atoms with van der Waals surface area (Å²) in [4.78, 5) is 26.7. The Kier molecular flexibility index (Phi) is 6.11. The summed E-state index contributed by atoms with van der Waals surface area (Å²) in [6.07, 6.45) is -0.0171. The molecule has 0 saturated carbocycles. The van der Waals surface area contributed by atoms with Crippen LogP contribution in [0.1, 0.15) is 28.5 Å². The maximum atomic E-state index is 12.4. The molecule has 0 aliphatic heterocycles. The number of carbonyl (C=O) groups is 2. The average molecular weight is 371 g/mol. The van der Waals surface area contributed by atoms with E-state index >= 15 is 0 Å². The van der Waals surface area contributed by atoms with E-state index < -0.39 is 17.9 Å². The SMILES string of the molecule is COC(=O)CC(NC(=O)c1cc(Cl)c(Cl)[nH]1)c1ccc(OC)cc1. The number of hydrogen-bond acceptors (Lipinski definition) is 4. The summed E-state index contributed by atoms with van der Waals surface area (Å²) < 4.78 is 9.80. The zero-order valence-corrected chi connectivity index (χ0v) is 14.6. The number of ether oxygens (including phenoxy) is 2. The van der Waals surface area contributed by atoms with Crippen LogP contribution >= 0.6 is 23.2 Å². The van der Waals surface area contributed by atoms with Crippen molar-refractivity contribution in [2.45, 2.75) is 12.5 Å². The van der Waals surface area contributed by atoms with E-state index in [1.807, 2.05) is 0 Å². The van der Waals surface area contributed by atoms with E-state index in [0.717, 1.165) is 5.56 Å². The molecule has 0 bridgehead atoms. The highest BCUT2D eigenvalue weighted by Crippen LogP contribution is 2.24. The molecule has 24 heavy (non-hydrogen) atoms. The molecule has 0 spiro atoms. The quantitative estimate of drug-likeness (QED) is 0.763. The van der Waals surface area contributed by atoms with Crippen LogP contribution in [0.5, 0.6) is 5.75 Å². The minimum absolute atomic E-state index is 0.0171. The largest absolute Gasteiger partial charge is 0.497 e. The molecule has 0 aliphatic carbocycles. The summed E-state index contributed by atoms with van der Waals surface area (Å²) in [5, 5.41) is 3.19. The third-order valence-corrected chi connectivity index (χ3v) is 4.08. The lowest BCUT2D eigenvalue weighted by Gasteiger charge is -2.18. The zero-order chi connectivity index (χ0) is 17.7. The van der Waals surface area contributed by atoms with Gasteiger partial charge in [0.25, 0.3) is 5.91 Å². The van der Waals surface area contributed by atoms with Gasteiger partial charge in [0.1, 0.15) is 16.6 Å². The van der Waals surface area contributed by atoms with Crippen LogP contribution in [-0.2, 0) is 9.53 Å². The molecule has 8 heteroatoms. The predicted molar refractivity (Wildman–Crippen MR) is 90.6 cm³/mol. The van der Waals surface area contributed by atoms with Crippen LogP contribution in [-0.4, -0.2) is 31.1 Å². The summed E-state index contributed by atoms with van der Waals surface area (Å²) in [6.45, 7) is 0. The zero-order valence-electron chi connectivity index (χ0n) is 13.1. The molecule has 2 N–H and O–H groups in total. The Bertz CT molecular complexity index is 709. The standard InChI is InChI=1S/C16H16Cl2N2O4/c1-23-10-5-3-9(4-6-10)12(8-14(21)24-2)20-16(22)13-7-11(17)15(18)19-13/h3-7,12,19H,8H2,1-2H3,(H,20,22). The molecule has 0 aliphatic rings. The van der Waals surface area contributed by atoms with Crippen molar-refractivity contribution in [2.24, 2.45) is 0 Å². The molecule has 1 atom stereocenters. The van der Waals surface area contributed by atoms with Gasteiger partial charge in [-0.15, -0.1) is 0 Å². The summed E-state index contributed by atoms with van der Waals surface area (Å²) in [7, 11) is 2.85. The second-order valence-corrected chi connectivity index (χ2v) is 5.71. The van der Waals surface area contributed by atoms with Crippen molar-refractivity contribution in [3.8, 4) is 5.75 Å². The first-order valence-electron chi connectivity index (χ1n) is 7.00. The molecule has 0 fully saturated rings. The van der Waals surface area contributed by atoms with Crippen molar-refractivity contribution >= 4 is 35.1 Å². The Morgan fingerprint density at radius 3 is 2.38 bits per heavy atom. The highest BCUT2D eigenvalue weighted by Gasteiger charge is 2.21. The Morgan fingerprint density at radius 2 is 1.88 bits per heavy atom. The number of esters is 1. The normalized spacial score (nSPS) is 11.7. The van der Waals surface area contributed by atoms with Crippen LogP contribution in [0.25, 0.3) is 0 Å². The van der Waals surface area contributed by atoms with Crippen LogP contribution in [0, 0.1) is 0 Å². The first-order valence-corrected chi connectivity index (χ1v) is 7.75. The van der Waals surface area contributed by atoms with Crippen LogP contribution in [0.4, 0.5) is 0 Å². The van der Waals surface area contributed by atoms with Crippen molar-refractivity contribution in [2.75, 3.05) is 14.2 Å². The van der Waals surface area contributed by atoms with Gasteiger partial charge in [0.15, 0.2) is 0 Å². The number of rotatable bonds is 6. The third kappa shape index (κ3) is 4.43. The predicted octanol–water partition coefficient (Wildman–Crippen LogP) is 3.36. The van der Waals surface area contributed by atoms with Gasteiger partial charge < -0.3 is 19.8 Å². The van der Waals surface area contributed by atoms with E-state index in [2.05, 4.69) is 10.3 Å². The average Bonchev–Trinajstić information content (AvgIpc) is 2.93. The summed E-state index contributed by atoms with van der Waals surface area (Å²) >= 11 is 11.6. The summed E-state index contributed by atoms with van der Waals surface area (Å²) in [6, 6.07) is 7.87. The fourth-order valence-electron chi connectivity index (χ4n) is 2.10. The maximum absolute atomic E-state index is 12.4. The molecular formula is C16H16Cl2N2O4. The summed E-state index contributed by atoms with van der Waals surface area (Å²) in [5.41, 5.74) is 0.937. The van der Waals surface area contributed by atoms with Crippen molar-refractivity contribution in [3.05, 3.63) is 51.8 Å². The van der Waals surface area contributed by atoms with Gasteiger partial charge in [0, 0.05) is 0 Å². The second-order valence-electron chi connectivity index (χ2n) is 4.92. The van der Waals surface area contributed by atoms with Crippen LogP contribution in [0.3, 0.4) is 0 Å². The number of H-pyrrole nitrogens is 1. The lowest BCUT2D eigenvalue weighted by Crippen LogP contribution is -2.30. The van der Waals surface area contributed by atoms with E-state index in [9.17, 15) is 9.59 Å². The molecule has 0 radical (unpaired) electrons. The molecule has 128 valence electrons. The molecule has 1 amide bonds. The van der Waals surface area contributed by atoms with Gasteiger partial charge in [-0.05, 0) is 23.8 Å². The van der Waals surface area contributed by atoms with E-state index in [4.69, 9.17) is 32.7 Å². The van der Waals surface area contributed by atoms with E-state index in [0.29, 0.717) is 5.75 Å². The number of aromatic amines is 1. The number of halogens is 2. The topological polar surface area (TPSA) is 80.4 Å². The molecular weight excluding hydrogens is 355 g/mol.